The molecule has 2 N–H and O–H groups in total. The normalized spacial score (nSPS) is 16.6. The lowest BCUT2D eigenvalue weighted by Gasteiger charge is -2.43. The SMILES string of the molecule is CC(C)[C@@H](C(=O)N[C@@H](CC(=O)O)C(=O)N1CCCC1)N(C)C(=O)C(C)(Cc1ccccc1)N(C)C(=O)C(F)(F)F. The number of carboxylic acid groups (broad SMARTS) is 1. The maximum atomic E-state index is 13.9. The Hall–Kier alpha value is -3.64. The first-order valence-corrected chi connectivity index (χ1v) is 13.0. The van der Waals surface area contributed by atoms with Gasteiger partial charge in [-0.1, -0.05) is 44.2 Å². The first-order chi connectivity index (χ1) is 18.5. The van der Waals surface area contributed by atoms with Gasteiger partial charge >= 0.3 is 18.1 Å². The molecule has 3 atom stereocenters. The molecular formula is C27H37F3N4O6. The van der Waals surface area contributed by atoms with Gasteiger partial charge in [-0.2, -0.15) is 13.2 Å². The minimum Gasteiger partial charge on any atom is -0.481 e. The first-order valence-electron chi connectivity index (χ1n) is 13.0. The molecule has 1 aliphatic rings. The van der Waals surface area contributed by atoms with Crippen molar-refractivity contribution in [2.45, 2.75) is 70.3 Å². The van der Waals surface area contributed by atoms with Gasteiger partial charge in [0.15, 0.2) is 0 Å². The summed E-state index contributed by atoms with van der Waals surface area (Å²) in [6, 6.07) is 5.49. The monoisotopic (exact) mass is 570 g/mol. The Kier molecular flexibility index (Phi) is 10.7. The highest BCUT2D eigenvalue weighted by Gasteiger charge is 2.51. The molecule has 1 aromatic rings. The molecule has 1 aromatic carbocycles. The van der Waals surface area contributed by atoms with Crippen LogP contribution in [0.15, 0.2) is 30.3 Å². The third-order valence-corrected chi connectivity index (χ3v) is 7.19. The van der Waals surface area contributed by atoms with Gasteiger partial charge in [0.1, 0.15) is 17.6 Å². The summed E-state index contributed by atoms with van der Waals surface area (Å²) in [5.74, 6) is -6.47. The molecule has 0 bridgehead atoms. The number of hydrogen-bond donors (Lipinski definition) is 2. The van der Waals surface area contributed by atoms with Gasteiger partial charge in [0, 0.05) is 33.6 Å². The van der Waals surface area contributed by atoms with Crippen molar-refractivity contribution >= 4 is 29.6 Å². The van der Waals surface area contributed by atoms with Gasteiger partial charge in [-0.05, 0) is 31.2 Å². The summed E-state index contributed by atoms with van der Waals surface area (Å²) in [6.07, 6.45) is -4.72. The van der Waals surface area contributed by atoms with Crippen LogP contribution in [0.2, 0.25) is 0 Å². The van der Waals surface area contributed by atoms with Crippen molar-refractivity contribution in [1.82, 2.24) is 20.0 Å². The van der Waals surface area contributed by atoms with Crippen LogP contribution >= 0.6 is 0 Å². The summed E-state index contributed by atoms with van der Waals surface area (Å²) in [5, 5.41) is 11.8. The lowest BCUT2D eigenvalue weighted by Crippen LogP contribution is -2.65. The number of carbonyl (C=O) groups is 5. The zero-order chi connectivity index (χ0) is 30.4. The molecule has 0 radical (unpaired) electrons. The molecule has 0 saturated carbocycles. The number of nitrogens with one attached hydrogen (secondary N) is 1. The summed E-state index contributed by atoms with van der Waals surface area (Å²) in [6.45, 7) is 5.24. The van der Waals surface area contributed by atoms with Gasteiger partial charge in [-0.15, -0.1) is 0 Å². The van der Waals surface area contributed by atoms with Crippen LogP contribution in [0.4, 0.5) is 13.2 Å². The topological polar surface area (TPSA) is 127 Å². The highest BCUT2D eigenvalue weighted by Crippen LogP contribution is 2.29. The Bertz CT molecular complexity index is 1090. The number of likely N-dealkylation sites (tertiary alicyclic amines) is 1. The van der Waals surface area contributed by atoms with E-state index in [2.05, 4.69) is 5.32 Å². The minimum absolute atomic E-state index is 0.281. The van der Waals surface area contributed by atoms with E-state index in [4.69, 9.17) is 0 Å². The molecule has 1 heterocycles. The molecular weight excluding hydrogens is 533 g/mol. The number of nitrogens with zero attached hydrogens (tertiary/aromatic N) is 3. The van der Waals surface area contributed by atoms with Crippen LogP contribution in [0.25, 0.3) is 0 Å². The number of amides is 4. The fraction of sp³-hybridized carbons (Fsp3) is 0.593. The molecule has 2 rings (SSSR count). The van der Waals surface area contributed by atoms with Crippen LogP contribution in [0.1, 0.15) is 45.6 Å². The number of carbonyl (C=O) groups excluding carboxylic acids is 4. The highest BCUT2D eigenvalue weighted by atomic mass is 19.4. The number of rotatable bonds is 11. The van der Waals surface area contributed by atoms with Crippen LogP contribution in [0, 0.1) is 5.92 Å². The van der Waals surface area contributed by atoms with Crippen molar-refractivity contribution in [3.63, 3.8) is 0 Å². The number of alkyl halides is 3. The average molecular weight is 571 g/mol. The molecule has 0 aromatic heterocycles. The van der Waals surface area contributed by atoms with Crippen molar-refractivity contribution in [2.24, 2.45) is 5.92 Å². The zero-order valence-corrected chi connectivity index (χ0v) is 23.3. The van der Waals surface area contributed by atoms with Crippen LogP contribution < -0.4 is 5.32 Å². The highest BCUT2D eigenvalue weighted by molar-refractivity contribution is 5.97. The van der Waals surface area contributed by atoms with Gasteiger partial charge in [-0.3, -0.25) is 24.0 Å². The largest absolute Gasteiger partial charge is 0.481 e. The molecule has 40 heavy (non-hydrogen) atoms. The van der Waals surface area contributed by atoms with E-state index in [1.54, 1.807) is 44.2 Å². The molecule has 222 valence electrons. The molecule has 10 nitrogen and oxygen atoms in total. The van der Waals surface area contributed by atoms with E-state index in [0.717, 1.165) is 24.8 Å². The zero-order valence-electron chi connectivity index (χ0n) is 23.3. The standard InChI is InChI=1S/C27H37F3N4O6/c1-17(2)21(22(37)31-19(15-20(35)36)23(38)34-13-9-10-14-34)32(4)24(39)26(3,16-18-11-7-6-8-12-18)33(5)25(40)27(28,29)30/h6-8,11-12,17,19,21H,9-10,13-16H2,1-5H3,(H,31,37)(H,35,36)/t19-,21-,26?/m0/s1. The van der Waals surface area contributed by atoms with Gasteiger partial charge in [0.05, 0.1) is 6.42 Å². The quantitative estimate of drug-likeness (QED) is 0.420. The van der Waals surface area contributed by atoms with Crippen molar-refractivity contribution < 1.29 is 42.3 Å². The fourth-order valence-corrected chi connectivity index (χ4v) is 4.97. The smallest absolute Gasteiger partial charge is 0.471 e. The van der Waals surface area contributed by atoms with E-state index in [-0.39, 0.29) is 6.42 Å². The lowest BCUT2D eigenvalue weighted by atomic mass is 9.88. The Balaban J connectivity index is 2.42. The van der Waals surface area contributed by atoms with Gasteiger partial charge in [0.2, 0.25) is 17.7 Å². The van der Waals surface area contributed by atoms with Crippen molar-refractivity contribution in [2.75, 3.05) is 27.2 Å². The minimum atomic E-state index is -5.25. The first kappa shape index (κ1) is 32.6. The number of hydrogen-bond acceptors (Lipinski definition) is 5. The number of likely N-dealkylation sites (N-methyl/N-ethyl adjacent to an activating group) is 2. The molecule has 1 unspecified atom stereocenters. The van der Waals surface area contributed by atoms with Crippen molar-refractivity contribution in [3.05, 3.63) is 35.9 Å². The Morgan fingerprint density at radius 1 is 1.00 bits per heavy atom. The number of benzene rings is 1. The van der Waals surface area contributed by atoms with Crippen molar-refractivity contribution in [3.8, 4) is 0 Å². The molecule has 13 heteroatoms. The van der Waals surface area contributed by atoms with E-state index >= 15 is 0 Å². The Morgan fingerprint density at radius 2 is 1.55 bits per heavy atom. The van der Waals surface area contributed by atoms with Gasteiger partial charge in [0.25, 0.3) is 0 Å². The van der Waals surface area contributed by atoms with Crippen LogP contribution in [0.5, 0.6) is 0 Å². The lowest BCUT2D eigenvalue weighted by molar-refractivity contribution is -0.191. The van der Waals surface area contributed by atoms with E-state index in [0.29, 0.717) is 23.6 Å². The molecule has 1 aliphatic heterocycles. The van der Waals surface area contributed by atoms with Crippen LogP contribution in [-0.2, 0) is 30.4 Å². The second kappa shape index (κ2) is 13.1. The maximum Gasteiger partial charge on any atom is 0.471 e. The van der Waals surface area contributed by atoms with Crippen LogP contribution in [-0.4, -0.2) is 100 Å². The number of carboxylic acids is 1. The Morgan fingerprint density at radius 3 is 2.02 bits per heavy atom. The van der Waals surface area contributed by atoms with Crippen molar-refractivity contribution in [1.29, 1.82) is 0 Å². The molecule has 4 amide bonds. The van der Waals surface area contributed by atoms with Crippen LogP contribution in [0.3, 0.4) is 0 Å². The summed E-state index contributed by atoms with van der Waals surface area (Å²) >= 11 is 0. The van der Waals surface area contributed by atoms with Gasteiger partial charge < -0.3 is 25.1 Å². The predicted molar refractivity (Wildman–Crippen MR) is 139 cm³/mol. The van der Waals surface area contributed by atoms with E-state index in [9.17, 15) is 42.3 Å². The number of aliphatic carboxylic acids is 1. The summed E-state index contributed by atoms with van der Waals surface area (Å²) < 4.78 is 40.3. The fourth-order valence-electron chi connectivity index (χ4n) is 4.97. The molecule has 0 spiro atoms. The third kappa shape index (κ3) is 7.72. The maximum absolute atomic E-state index is 13.9. The summed E-state index contributed by atoms with van der Waals surface area (Å²) in [4.78, 5) is 66.8. The molecule has 0 aliphatic carbocycles. The second-order valence-corrected chi connectivity index (χ2v) is 10.6. The average Bonchev–Trinajstić information content (AvgIpc) is 3.41. The molecule has 1 fully saturated rings. The summed E-state index contributed by atoms with van der Waals surface area (Å²) in [7, 11) is 2.11. The van der Waals surface area contributed by atoms with E-state index in [1.165, 1.54) is 18.9 Å². The van der Waals surface area contributed by atoms with E-state index < -0.39 is 65.7 Å². The third-order valence-electron chi connectivity index (χ3n) is 7.19. The predicted octanol–water partition coefficient (Wildman–Crippen LogP) is 2.07. The molecule has 1 saturated heterocycles. The summed E-state index contributed by atoms with van der Waals surface area (Å²) in [5.41, 5.74) is -1.57. The van der Waals surface area contributed by atoms with Gasteiger partial charge in [-0.25, -0.2) is 0 Å². The Labute approximate surface area is 231 Å². The number of halogens is 3. The second-order valence-electron chi connectivity index (χ2n) is 10.6. The van der Waals surface area contributed by atoms with E-state index in [1.807, 2.05) is 0 Å².